The predicted molar refractivity (Wildman–Crippen MR) is 163 cm³/mol. The van der Waals surface area contributed by atoms with E-state index < -0.39 is 11.6 Å². The Labute approximate surface area is 249 Å². The highest BCUT2D eigenvalue weighted by Gasteiger charge is 2.51. The number of carbonyl (C=O) groups excluding carboxylic acids is 3. The molecule has 0 radical (unpaired) electrons. The van der Waals surface area contributed by atoms with Crippen LogP contribution in [-0.4, -0.2) is 17.9 Å². The van der Waals surface area contributed by atoms with Gasteiger partial charge in [-0.3, -0.25) is 9.59 Å². The molecule has 0 bridgehead atoms. The van der Waals surface area contributed by atoms with Gasteiger partial charge in [0.15, 0.2) is 5.60 Å². The van der Waals surface area contributed by atoms with Gasteiger partial charge in [-0.2, -0.15) is 0 Å². The number of ether oxygens (including phenoxy) is 3. The molecule has 4 rings (SSSR count). The van der Waals surface area contributed by atoms with Crippen LogP contribution in [0.3, 0.4) is 0 Å². The Morgan fingerprint density at radius 1 is 0.738 bits per heavy atom. The van der Waals surface area contributed by atoms with Crippen molar-refractivity contribution in [1.29, 1.82) is 0 Å². The third-order valence-corrected chi connectivity index (χ3v) is 7.82. The Morgan fingerprint density at radius 3 is 1.62 bits per heavy atom. The average Bonchev–Trinajstić information content (AvgIpc) is 3.23. The first-order chi connectivity index (χ1) is 19.9. The van der Waals surface area contributed by atoms with Crippen molar-refractivity contribution in [3.8, 4) is 11.5 Å². The molecule has 0 aromatic heterocycles. The maximum absolute atomic E-state index is 13.6. The van der Waals surface area contributed by atoms with E-state index in [1.165, 1.54) is 0 Å². The van der Waals surface area contributed by atoms with E-state index in [4.69, 9.17) is 14.2 Å². The maximum Gasteiger partial charge on any atom is 0.340 e. The van der Waals surface area contributed by atoms with Crippen molar-refractivity contribution in [1.82, 2.24) is 0 Å². The number of aryl methyl sites for hydroxylation is 2. The van der Waals surface area contributed by atoms with E-state index in [1.54, 1.807) is 6.07 Å². The Bertz CT molecular complexity index is 1430. The first-order valence-corrected chi connectivity index (χ1v) is 15.0. The molecule has 1 heterocycles. The molecule has 0 atom stereocenters. The molecule has 3 aromatic carbocycles. The third-order valence-electron chi connectivity index (χ3n) is 7.82. The standard InChI is InChI=1S/C36H42O6/c1-9-13-33(37)40-31-19-26(21(3)4)29(17-23(31)7)36(28-16-12-11-15-25(28)35(39)42-36)30-18-24(8)32(20-27(30)22(5)6)41-34(38)14-10-2/h11-12,15-22H,9-10,13-14H2,1-8H3. The van der Waals surface area contributed by atoms with E-state index in [0.29, 0.717) is 42.7 Å². The molecule has 42 heavy (non-hydrogen) atoms. The highest BCUT2D eigenvalue weighted by Crippen LogP contribution is 2.52. The largest absolute Gasteiger partial charge is 0.441 e. The van der Waals surface area contributed by atoms with Crippen LogP contribution in [0.4, 0.5) is 0 Å². The van der Waals surface area contributed by atoms with Crippen LogP contribution in [0.5, 0.6) is 11.5 Å². The van der Waals surface area contributed by atoms with Crippen molar-refractivity contribution in [2.45, 2.75) is 98.5 Å². The molecule has 0 saturated carbocycles. The highest BCUT2D eigenvalue weighted by molar-refractivity contribution is 5.96. The number of fused-ring (bicyclic) bond motifs is 1. The summed E-state index contributed by atoms with van der Waals surface area (Å²) in [6, 6.07) is 15.3. The monoisotopic (exact) mass is 570 g/mol. The number of benzene rings is 3. The fourth-order valence-electron chi connectivity index (χ4n) is 5.71. The summed E-state index contributed by atoms with van der Waals surface area (Å²) in [5.41, 5.74) is 5.00. The fourth-order valence-corrected chi connectivity index (χ4v) is 5.71. The van der Waals surface area contributed by atoms with Crippen LogP contribution >= 0.6 is 0 Å². The molecular formula is C36H42O6. The second-order valence-corrected chi connectivity index (χ2v) is 11.8. The molecule has 222 valence electrons. The molecule has 0 aliphatic carbocycles. The Hall–Kier alpha value is -3.93. The highest BCUT2D eigenvalue weighted by atomic mass is 16.6. The molecule has 1 aliphatic rings. The molecule has 1 aliphatic heterocycles. The van der Waals surface area contributed by atoms with Gasteiger partial charge in [0.2, 0.25) is 0 Å². The summed E-state index contributed by atoms with van der Waals surface area (Å²) < 4.78 is 18.1. The van der Waals surface area contributed by atoms with Crippen LogP contribution in [0.2, 0.25) is 0 Å². The van der Waals surface area contributed by atoms with Crippen LogP contribution in [0, 0.1) is 13.8 Å². The number of cyclic esters (lactones) is 1. The number of hydrogen-bond donors (Lipinski definition) is 0. The molecule has 0 saturated heterocycles. The normalized spacial score (nSPS) is 13.7. The van der Waals surface area contributed by atoms with Crippen molar-refractivity contribution in [2.75, 3.05) is 0 Å². The SMILES string of the molecule is CCCC(=O)Oc1cc(C(C)C)c(C2(c3cc(C)c(OC(=O)CCC)cc3C(C)C)OC(=O)c3ccccc32)cc1C. The van der Waals surface area contributed by atoms with Gasteiger partial charge in [-0.15, -0.1) is 0 Å². The third kappa shape index (κ3) is 5.72. The number of rotatable bonds is 10. The minimum absolute atomic E-state index is 0.0189. The van der Waals surface area contributed by atoms with Crippen LogP contribution in [0.1, 0.15) is 128 Å². The summed E-state index contributed by atoms with van der Waals surface area (Å²) in [7, 11) is 0. The van der Waals surface area contributed by atoms with Crippen molar-refractivity contribution < 1.29 is 28.6 Å². The fraction of sp³-hybridized carbons (Fsp3) is 0.417. The minimum Gasteiger partial charge on any atom is -0.441 e. The topological polar surface area (TPSA) is 78.9 Å². The lowest BCUT2D eigenvalue weighted by atomic mass is 9.72. The molecule has 6 heteroatoms. The quantitative estimate of drug-likeness (QED) is 0.180. The van der Waals surface area contributed by atoms with Crippen molar-refractivity contribution >= 4 is 17.9 Å². The Morgan fingerprint density at radius 2 is 1.19 bits per heavy atom. The molecule has 0 unspecified atom stereocenters. The summed E-state index contributed by atoms with van der Waals surface area (Å²) in [4.78, 5) is 38.5. The number of carbonyl (C=O) groups is 3. The van der Waals surface area contributed by atoms with Gasteiger partial charge in [0.05, 0.1) is 5.56 Å². The van der Waals surface area contributed by atoms with Gasteiger partial charge in [0.1, 0.15) is 11.5 Å². The van der Waals surface area contributed by atoms with Crippen molar-refractivity contribution in [2.24, 2.45) is 0 Å². The zero-order valence-corrected chi connectivity index (χ0v) is 26.1. The van der Waals surface area contributed by atoms with E-state index in [0.717, 1.165) is 38.9 Å². The summed E-state index contributed by atoms with van der Waals surface area (Å²) >= 11 is 0. The van der Waals surface area contributed by atoms with E-state index in [1.807, 2.05) is 70.2 Å². The molecule has 0 N–H and O–H groups in total. The van der Waals surface area contributed by atoms with Crippen LogP contribution < -0.4 is 9.47 Å². The molecular weight excluding hydrogens is 528 g/mol. The first kappa shape index (κ1) is 31.0. The van der Waals surface area contributed by atoms with E-state index in [9.17, 15) is 14.4 Å². The van der Waals surface area contributed by atoms with E-state index in [-0.39, 0.29) is 23.8 Å². The zero-order valence-electron chi connectivity index (χ0n) is 26.1. The smallest absolute Gasteiger partial charge is 0.340 e. The molecule has 0 fully saturated rings. The second kappa shape index (κ2) is 12.5. The summed E-state index contributed by atoms with van der Waals surface area (Å²) in [6.07, 6.45) is 2.06. The summed E-state index contributed by atoms with van der Waals surface area (Å²) in [5, 5.41) is 0. The minimum atomic E-state index is -1.26. The van der Waals surface area contributed by atoms with Crippen LogP contribution in [-0.2, 0) is 19.9 Å². The Balaban J connectivity index is 2.06. The lowest BCUT2D eigenvalue weighted by molar-refractivity contribution is -0.135. The summed E-state index contributed by atoms with van der Waals surface area (Å²) in [6.45, 7) is 16.0. The van der Waals surface area contributed by atoms with E-state index >= 15 is 0 Å². The van der Waals surface area contributed by atoms with Gasteiger partial charge < -0.3 is 14.2 Å². The lowest BCUT2D eigenvalue weighted by Crippen LogP contribution is -2.33. The molecule has 0 spiro atoms. The molecule has 3 aromatic rings. The molecule has 6 nitrogen and oxygen atoms in total. The summed E-state index contributed by atoms with van der Waals surface area (Å²) in [5.74, 6) is 0.0972. The van der Waals surface area contributed by atoms with Gasteiger partial charge in [-0.05, 0) is 91.1 Å². The number of hydrogen-bond acceptors (Lipinski definition) is 6. The average molecular weight is 571 g/mol. The van der Waals surface area contributed by atoms with Gasteiger partial charge in [0, 0.05) is 29.5 Å². The second-order valence-electron chi connectivity index (χ2n) is 11.8. The van der Waals surface area contributed by atoms with Crippen molar-refractivity contribution in [3.63, 3.8) is 0 Å². The van der Waals surface area contributed by atoms with Gasteiger partial charge >= 0.3 is 17.9 Å². The lowest BCUT2D eigenvalue weighted by Gasteiger charge is -2.36. The van der Waals surface area contributed by atoms with E-state index in [2.05, 4.69) is 27.7 Å². The van der Waals surface area contributed by atoms with Gasteiger partial charge in [0.25, 0.3) is 0 Å². The predicted octanol–water partition coefficient (Wildman–Crippen LogP) is 8.42. The van der Waals surface area contributed by atoms with Crippen molar-refractivity contribution in [3.05, 3.63) is 93.0 Å². The first-order valence-electron chi connectivity index (χ1n) is 15.0. The maximum atomic E-state index is 13.6. The van der Waals surface area contributed by atoms with Gasteiger partial charge in [-0.1, -0.05) is 59.7 Å². The van der Waals surface area contributed by atoms with Gasteiger partial charge in [-0.25, -0.2) is 4.79 Å². The Kier molecular flexibility index (Phi) is 9.24. The van der Waals surface area contributed by atoms with Crippen LogP contribution in [0.15, 0.2) is 48.5 Å². The zero-order chi connectivity index (χ0) is 30.8. The molecule has 0 amide bonds. The van der Waals surface area contributed by atoms with Crippen LogP contribution in [0.25, 0.3) is 0 Å². The number of esters is 3.